The van der Waals surface area contributed by atoms with Crippen LogP contribution in [0, 0.1) is 27.7 Å². The Kier molecular flexibility index (Phi) is 7.90. The molecule has 5 heteroatoms. The Balaban J connectivity index is 2.84. The molecule has 1 atom stereocenters. The number of hydrogen-bond donors (Lipinski definition) is 1. The number of sulfonamides is 1. The zero-order valence-electron chi connectivity index (χ0n) is 16.4. The highest BCUT2D eigenvalue weighted by molar-refractivity contribution is 7.89. The van der Waals surface area contributed by atoms with Crippen molar-refractivity contribution < 1.29 is 8.42 Å². The van der Waals surface area contributed by atoms with Gasteiger partial charge in [-0.05, 0) is 89.3 Å². The van der Waals surface area contributed by atoms with Crippen molar-refractivity contribution in [3.05, 3.63) is 28.3 Å². The Hall–Kier alpha value is -0.910. The summed E-state index contributed by atoms with van der Waals surface area (Å²) in [6.07, 6.45) is 1.84. The number of rotatable bonds is 9. The van der Waals surface area contributed by atoms with Gasteiger partial charge in [0.1, 0.15) is 0 Å². The standard InChI is InChI=1S/C19H34N2O2S/c1-8-21(9-2)12-10-11-16(5)20-24(22,23)19-17(6)14(3)13-15(4)18(19)7/h13,16,20H,8-12H2,1-7H3/t16-/m0/s1. The molecule has 0 fully saturated rings. The molecule has 0 aromatic heterocycles. The summed E-state index contributed by atoms with van der Waals surface area (Å²) in [7, 11) is -3.49. The highest BCUT2D eigenvalue weighted by Crippen LogP contribution is 2.26. The molecule has 0 aliphatic carbocycles. The van der Waals surface area contributed by atoms with Crippen molar-refractivity contribution in [3.63, 3.8) is 0 Å². The van der Waals surface area contributed by atoms with Crippen molar-refractivity contribution in [2.24, 2.45) is 0 Å². The second kappa shape index (κ2) is 8.97. The molecule has 0 aliphatic rings. The first-order valence-electron chi connectivity index (χ1n) is 8.96. The van der Waals surface area contributed by atoms with E-state index in [1.54, 1.807) is 0 Å². The molecule has 0 radical (unpaired) electrons. The smallest absolute Gasteiger partial charge is 0.241 e. The SMILES string of the molecule is CCN(CC)CCC[C@H](C)NS(=O)(=O)c1c(C)c(C)cc(C)c1C. The average Bonchev–Trinajstić information content (AvgIpc) is 2.49. The molecule has 0 bridgehead atoms. The van der Waals surface area contributed by atoms with E-state index in [4.69, 9.17) is 0 Å². The van der Waals surface area contributed by atoms with Gasteiger partial charge in [0.2, 0.25) is 10.0 Å². The zero-order valence-corrected chi connectivity index (χ0v) is 17.2. The molecular weight excluding hydrogens is 320 g/mol. The fourth-order valence-electron chi connectivity index (χ4n) is 3.13. The molecule has 1 aromatic carbocycles. The summed E-state index contributed by atoms with van der Waals surface area (Å²) < 4.78 is 28.6. The van der Waals surface area contributed by atoms with E-state index in [2.05, 4.69) is 29.5 Å². The van der Waals surface area contributed by atoms with Crippen LogP contribution in [0.25, 0.3) is 0 Å². The summed E-state index contributed by atoms with van der Waals surface area (Å²) in [5, 5.41) is 0. The number of nitrogens with zero attached hydrogens (tertiary/aromatic N) is 1. The van der Waals surface area contributed by atoms with E-state index in [-0.39, 0.29) is 6.04 Å². The fourth-order valence-corrected chi connectivity index (χ4v) is 5.02. The van der Waals surface area contributed by atoms with Gasteiger partial charge in [0.25, 0.3) is 0 Å². The van der Waals surface area contributed by atoms with Crippen molar-refractivity contribution in [1.82, 2.24) is 9.62 Å². The highest BCUT2D eigenvalue weighted by Gasteiger charge is 2.23. The summed E-state index contributed by atoms with van der Waals surface area (Å²) in [4.78, 5) is 2.81. The van der Waals surface area contributed by atoms with Gasteiger partial charge < -0.3 is 4.90 Å². The van der Waals surface area contributed by atoms with E-state index in [1.165, 1.54) is 0 Å². The Bertz CT molecular complexity index is 624. The van der Waals surface area contributed by atoms with Gasteiger partial charge in [0, 0.05) is 6.04 Å². The Morgan fingerprint density at radius 1 is 1.04 bits per heavy atom. The first-order chi connectivity index (χ1) is 11.1. The predicted octanol–water partition coefficient (Wildman–Crippen LogP) is 3.71. The minimum Gasteiger partial charge on any atom is -0.304 e. The summed E-state index contributed by atoms with van der Waals surface area (Å²) in [5.41, 5.74) is 3.74. The van der Waals surface area contributed by atoms with E-state index in [1.807, 2.05) is 34.6 Å². The normalized spacial score (nSPS) is 13.5. The van der Waals surface area contributed by atoms with Gasteiger partial charge in [-0.1, -0.05) is 19.9 Å². The number of hydrogen-bond acceptors (Lipinski definition) is 3. The minimum atomic E-state index is -3.49. The van der Waals surface area contributed by atoms with Crippen molar-refractivity contribution in [3.8, 4) is 0 Å². The number of nitrogens with one attached hydrogen (secondary N) is 1. The first kappa shape index (κ1) is 21.1. The molecule has 0 unspecified atom stereocenters. The van der Waals surface area contributed by atoms with E-state index < -0.39 is 10.0 Å². The van der Waals surface area contributed by atoms with Crippen LogP contribution >= 0.6 is 0 Å². The van der Waals surface area contributed by atoms with Crippen molar-refractivity contribution in [2.45, 2.75) is 72.2 Å². The second-order valence-corrected chi connectivity index (χ2v) is 8.43. The molecule has 1 rings (SSSR count). The molecular formula is C19H34N2O2S. The summed E-state index contributed by atoms with van der Waals surface area (Å²) >= 11 is 0. The van der Waals surface area contributed by atoms with Crippen LogP contribution in [0.15, 0.2) is 11.0 Å². The largest absolute Gasteiger partial charge is 0.304 e. The molecule has 4 nitrogen and oxygen atoms in total. The van der Waals surface area contributed by atoms with Gasteiger partial charge in [-0.15, -0.1) is 0 Å². The average molecular weight is 355 g/mol. The predicted molar refractivity (Wildman–Crippen MR) is 102 cm³/mol. The van der Waals surface area contributed by atoms with Gasteiger partial charge in [-0.25, -0.2) is 13.1 Å². The molecule has 1 aromatic rings. The summed E-state index contributed by atoms with van der Waals surface area (Å²) in [6.45, 7) is 17.1. The number of aryl methyl sites for hydroxylation is 2. The highest BCUT2D eigenvalue weighted by atomic mass is 32.2. The Labute approximate surface area is 148 Å². The van der Waals surface area contributed by atoms with Crippen LogP contribution in [0.2, 0.25) is 0 Å². The van der Waals surface area contributed by atoms with E-state index in [9.17, 15) is 8.42 Å². The maximum Gasteiger partial charge on any atom is 0.241 e. The molecule has 0 saturated heterocycles. The molecule has 0 heterocycles. The maximum atomic E-state index is 12.9. The fraction of sp³-hybridized carbons (Fsp3) is 0.684. The molecule has 0 spiro atoms. The van der Waals surface area contributed by atoms with E-state index in [0.29, 0.717) is 4.90 Å². The Morgan fingerprint density at radius 3 is 2.00 bits per heavy atom. The van der Waals surface area contributed by atoms with Crippen molar-refractivity contribution in [2.75, 3.05) is 19.6 Å². The lowest BCUT2D eigenvalue weighted by Crippen LogP contribution is -2.34. The topological polar surface area (TPSA) is 49.4 Å². The molecule has 0 saturated carbocycles. The molecule has 1 N–H and O–H groups in total. The van der Waals surface area contributed by atoms with Crippen LogP contribution in [0.5, 0.6) is 0 Å². The molecule has 24 heavy (non-hydrogen) atoms. The van der Waals surface area contributed by atoms with Gasteiger partial charge in [0.15, 0.2) is 0 Å². The van der Waals surface area contributed by atoms with Crippen LogP contribution in [0.4, 0.5) is 0 Å². The quantitative estimate of drug-likeness (QED) is 0.735. The van der Waals surface area contributed by atoms with E-state index in [0.717, 1.165) is 54.7 Å². The van der Waals surface area contributed by atoms with Crippen LogP contribution in [-0.4, -0.2) is 39.0 Å². The lowest BCUT2D eigenvalue weighted by Gasteiger charge is -2.21. The van der Waals surface area contributed by atoms with Crippen molar-refractivity contribution in [1.29, 1.82) is 0 Å². The lowest BCUT2D eigenvalue weighted by molar-refractivity contribution is 0.293. The monoisotopic (exact) mass is 354 g/mol. The van der Waals surface area contributed by atoms with Gasteiger partial charge in [-0.3, -0.25) is 0 Å². The van der Waals surface area contributed by atoms with Gasteiger partial charge >= 0.3 is 0 Å². The maximum absolute atomic E-state index is 12.9. The third-order valence-corrected chi connectivity index (χ3v) is 6.79. The third kappa shape index (κ3) is 5.30. The molecule has 138 valence electrons. The summed E-state index contributed by atoms with van der Waals surface area (Å²) in [5.74, 6) is 0. The van der Waals surface area contributed by atoms with Crippen LogP contribution in [-0.2, 0) is 10.0 Å². The Morgan fingerprint density at radius 2 is 1.54 bits per heavy atom. The van der Waals surface area contributed by atoms with Crippen LogP contribution < -0.4 is 4.72 Å². The van der Waals surface area contributed by atoms with E-state index >= 15 is 0 Å². The summed E-state index contributed by atoms with van der Waals surface area (Å²) in [6, 6.07) is 1.99. The van der Waals surface area contributed by atoms with Gasteiger partial charge in [-0.2, -0.15) is 0 Å². The number of benzene rings is 1. The molecule has 0 aliphatic heterocycles. The van der Waals surface area contributed by atoms with Crippen LogP contribution in [0.3, 0.4) is 0 Å². The van der Waals surface area contributed by atoms with Crippen LogP contribution in [0.1, 0.15) is 55.9 Å². The lowest BCUT2D eigenvalue weighted by atomic mass is 10.0. The van der Waals surface area contributed by atoms with Crippen molar-refractivity contribution >= 4 is 10.0 Å². The third-order valence-electron chi connectivity index (χ3n) is 4.93. The van der Waals surface area contributed by atoms with Gasteiger partial charge in [0.05, 0.1) is 4.90 Å². The molecule has 0 amide bonds. The zero-order chi connectivity index (χ0) is 18.5. The minimum absolute atomic E-state index is 0.0646. The first-order valence-corrected chi connectivity index (χ1v) is 10.4. The second-order valence-electron chi connectivity index (χ2n) is 6.78.